The molecule has 0 amide bonds. The highest BCUT2D eigenvalue weighted by Crippen LogP contribution is 2.16. The molecular formula is C18H18N4O. The minimum atomic E-state index is -0.119. The van der Waals surface area contributed by atoms with E-state index >= 15 is 0 Å². The molecule has 3 rings (SSSR count). The molecule has 1 N–H and O–H groups in total. The van der Waals surface area contributed by atoms with Gasteiger partial charge in [-0.15, -0.1) is 0 Å². The van der Waals surface area contributed by atoms with Crippen LogP contribution in [0.4, 0.5) is 0 Å². The topological polar surface area (TPSA) is 74.5 Å². The van der Waals surface area contributed by atoms with Crippen LogP contribution in [0.5, 0.6) is 0 Å². The average Bonchev–Trinajstić information content (AvgIpc) is 2.92. The molecule has 0 bridgehead atoms. The fraction of sp³-hybridized carbons (Fsp3) is 0.278. The molecule has 0 unspecified atom stereocenters. The molecule has 2 aromatic heterocycles. The van der Waals surface area contributed by atoms with Gasteiger partial charge in [-0.3, -0.25) is 4.79 Å². The predicted octanol–water partition coefficient (Wildman–Crippen LogP) is 2.99. The molecular weight excluding hydrogens is 288 g/mol. The molecule has 0 aliphatic rings. The van der Waals surface area contributed by atoms with Gasteiger partial charge in [0.05, 0.1) is 17.1 Å². The summed E-state index contributed by atoms with van der Waals surface area (Å²) in [4.78, 5) is 19.6. The van der Waals surface area contributed by atoms with Gasteiger partial charge < -0.3 is 9.55 Å². The van der Waals surface area contributed by atoms with Crippen LogP contribution < -0.4 is 5.56 Å². The maximum atomic E-state index is 12.2. The van der Waals surface area contributed by atoms with Crippen LogP contribution in [0.15, 0.2) is 41.3 Å². The molecule has 0 saturated carbocycles. The Bertz CT molecular complexity index is 913. The van der Waals surface area contributed by atoms with E-state index in [2.05, 4.69) is 23.0 Å². The number of imidazole rings is 1. The number of rotatable bonds is 5. The Morgan fingerprint density at radius 1 is 1.26 bits per heavy atom. The summed E-state index contributed by atoms with van der Waals surface area (Å²) in [6.45, 7) is 2.72. The molecule has 1 aromatic carbocycles. The molecule has 5 nitrogen and oxygen atoms in total. The molecule has 0 atom stereocenters. The molecule has 0 aliphatic carbocycles. The summed E-state index contributed by atoms with van der Waals surface area (Å²) in [5.41, 5.74) is 2.90. The van der Waals surface area contributed by atoms with Crippen molar-refractivity contribution >= 4 is 11.0 Å². The van der Waals surface area contributed by atoms with Crippen molar-refractivity contribution in [1.29, 1.82) is 5.26 Å². The van der Waals surface area contributed by atoms with Gasteiger partial charge in [0.25, 0.3) is 5.56 Å². The number of benzene rings is 1. The molecule has 116 valence electrons. The maximum absolute atomic E-state index is 12.2. The van der Waals surface area contributed by atoms with E-state index in [9.17, 15) is 4.79 Å². The van der Waals surface area contributed by atoms with E-state index in [1.54, 1.807) is 18.3 Å². The molecule has 0 spiro atoms. The number of fused-ring (bicyclic) bond motifs is 1. The number of hydrogen-bond donors (Lipinski definition) is 1. The van der Waals surface area contributed by atoms with Crippen LogP contribution >= 0.6 is 0 Å². The van der Waals surface area contributed by atoms with Gasteiger partial charge >= 0.3 is 0 Å². The molecule has 2 heterocycles. The monoisotopic (exact) mass is 306 g/mol. The zero-order valence-corrected chi connectivity index (χ0v) is 13.0. The highest BCUT2D eigenvalue weighted by Gasteiger charge is 2.13. The molecule has 5 heteroatoms. The van der Waals surface area contributed by atoms with Crippen molar-refractivity contribution in [3.8, 4) is 6.07 Å². The third-order valence-electron chi connectivity index (χ3n) is 3.92. The van der Waals surface area contributed by atoms with Crippen LogP contribution in [0.1, 0.15) is 36.7 Å². The molecule has 23 heavy (non-hydrogen) atoms. The standard InChI is InChI=1S/C18H18N4O/c1-2-3-4-16-21-15-9-10-20-18(23)17(15)22(16)12-14-7-5-13(11-19)6-8-14/h5-10H,2-4,12H2,1H3,(H,20,23). The quantitative estimate of drug-likeness (QED) is 0.787. The third kappa shape index (κ3) is 3.02. The van der Waals surface area contributed by atoms with E-state index in [1.807, 2.05) is 22.8 Å². The number of aromatic amines is 1. The largest absolute Gasteiger partial charge is 0.327 e. The SMILES string of the molecule is CCCCc1nc2cc[nH]c(=O)c2n1Cc1ccc(C#N)cc1. The summed E-state index contributed by atoms with van der Waals surface area (Å²) in [5.74, 6) is 0.933. The van der Waals surface area contributed by atoms with E-state index in [0.29, 0.717) is 17.6 Å². The number of aryl methyl sites for hydroxylation is 1. The first-order chi connectivity index (χ1) is 11.2. The number of nitrogens with one attached hydrogen (secondary N) is 1. The molecule has 0 fully saturated rings. The molecule has 3 aromatic rings. The second-order valence-corrected chi connectivity index (χ2v) is 5.57. The number of nitrogens with zero attached hydrogens (tertiary/aromatic N) is 3. The van der Waals surface area contributed by atoms with Gasteiger partial charge in [-0.2, -0.15) is 5.26 Å². The maximum Gasteiger partial charge on any atom is 0.274 e. The third-order valence-corrected chi connectivity index (χ3v) is 3.92. The van der Waals surface area contributed by atoms with Crippen molar-refractivity contribution in [1.82, 2.24) is 14.5 Å². The van der Waals surface area contributed by atoms with Gasteiger partial charge in [-0.25, -0.2) is 4.98 Å². The van der Waals surface area contributed by atoms with Crippen LogP contribution in [0.3, 0.4) is 0 Å². The minimum absolute atomic E-state index is 0.119. The molecule has 0 aliphatic heterocycles. The summed E-state index contributed by atoms with van der Waals surface area (Å²) in [6, 6.07) is 11.4. The van der Waals surface area contributed by atoms with Crippen molar-refractivity contribution in [2.45, 2.75) is 32.7 Å². The van der Waals surface area contributed by atoms with Crippen LogP contribution in [0, 0.1) is 11.3 Å². The van der Waals surface area contributed by atoms with Crippen molar-refractivity contribution < 1.29 is 0 Å². The average molecular weight is 306 g/mol. The van der Waals surface area contributed by atoms with Gasteiger partial charge in [0, 0.05) is 19.2 Å². The van der Waals surface area contributed by atoms with E-state index < -0.39 is 0 Å². The summed E-state index contributed by atoms with van der Waals surface area (Å²) < 4.78 is 1.99. The zero-order valence-electron chi connectivity index (χ0n) is 13.0. The lowest BCUT2D eigenvalue weighted by molar-refractivity contribution is 0.688. The first-order valence-corrected chi connectivity index (χ1v) is 7.78. The van der Waals surface area contributed by atoms with Gasteiger partial charge in [0.2, 0.25) is 0 Å². The number of H-pyrrole nitrogens is 1. The van der Waals surface area contributed by atoms with Crippen LogP contribution in [0.2, 0.25) is 0 Å². The lowest BCUT2D eigenvalue weighted by Crippen LogP contribution is -2.13. The summed E-state index contributed by atoms with van der Waals surface area (Å²) in [7, 11) is 0. The molecule has 0 saturated heterocycles. The summed E-state index contributed by atoms with van der Waals surface area (Å²) in [6.07, 6.45) is 4.60. The normalized spacial score (nSPS) is 10.8. The molecule has 0 radical (unpaired) electrons. The summed E-state index contributed by atoms with van der Waals surface area (Å²) in [5, 5.41) is 8.89. The Morgan fingerprint density at radius 3 is 2.74 bits per heavy atom. The van der Waals surface area contributed by atoms with Crippen LogP contribution in [-0.4, -0.2) is 14.5 Å². The van der Waals surface area contributed by atoms with Crippen molar-refractivity contribution in [2.24, 2.45) is 0 Å². The first kappa shape index (κ1) is 15.0. The predicted molar refractivity (Wildman–Crippen MR) is 89.2 cm³/mol. The van der Waals surface area contributed by atoms with Crippen molar-refractivity contribution in [3.63, 3.8) is 0 Å². The van der Waals surface area contributed by atoms with E-state index in [0.717, 1.165) is 36.2 Å². The van der Waals surface area contributed by atoms with Gasteiger partial charge in [0.15, 0.2) is 0 Å². The van der Waals surface area contributed by atoms with Crippen LogP contribution in [0.25, 0.3) is 11.0 Å². The smallest absolute Gasteiger partial charge is 0.274 e. The Hall–Kier alpha value is -2.87. The highest BCUT2D eigenvalue weighted by atomic mass is 16.1. The number of hydrogen-bond acceptors (Lipinski definition) is 3. The lowest BCUT2D eigenvalue weighted by Gasteiger charge is -2.09. The van der Waals surface area contributed by atoms with E-state index in [4.69, 9.17) is 5.26 Å². The Morgan fingerprint density at radius 2 is 2.04 bits per heavy atom. The Balaban J connectivity index is 2.06. The lowest BCUT2D eigenvalue weighted by atomic mass is 10.1. The van der Waals surface area contributed by atoms with Gasteiger partial charge in [0.1, 0.15) is 11.3 Å². The van der Waals surface area contributed by atoms with Crippen LogP contribution in [-0.2, 0) is 13.0 Å². The summed E-state index contributed by atoms with van der Waals surface area (Å²) >= 11 is 0. The minimum Gasteiger partial charge on any atom is -0.327 e. The second-order valence-electron chi connectivity index (χ2n) is 5.57. The number of aromatic nitrogens is 3. The fourth-order valence-electron chi connectivity index (χ4n) is 2.70. The Kier molecular flexibility index (Phi) is 4.24. The van der Waals surface area contributed by atoms with Crippen molar-refractivity contribution in [3.05, 3.63) is 63.8 Å². The highest BCUT2D eigenvalue weighted by molar-refractivity contribution is 5.74. The second kappa shape index (κ2) is 6.49. The fourth-order valence-corrected chi connectivity index (χ4v) is 2.70. The van der Waals surface area contributed by atoms with Crippen molar-refractivity contribution in [2.75, 3.05) is 0 Å². The zero-order chi connectivity index (χ0) is 16.2. The number of unbranched alkanes of at least 4 members (excludes halogenated alkanes) is 1. The Labute approximate surface area is 134 Å². The van der Waals surface area contributed by atoms with E-state index in [1.165, 1.54) is 0 Å². The first-order valence-electron chi connectivity index (χ1n) is 7.78. The van der Waals surface area contributed by atoms with E-state index in [-0.39, 0.29) is 5.56 Å². The number of pyridine rings is 1. The number of nitriles is 1. The van der Waals surface area contributed by atoms with Gasteiger partial charge in [-0.1, -0.05) is 25.5 Å². The van der Waals surface area contributed by atoms with Gasteiger partial charge in [-0.05, 0) is 30.2 Å².